The molecule has 0 amide bonds. The molecule has 1 fully saturated rings. The molecule has 0 bridgehead atoms. The van der Waals surface area contributed by atoms with Crippen molar-refractivity contribution in [3.63, 3.8) is 0 Å². The van der Waals surface area contributed by atoms with Crippen LogP contribution in [0.15, 0.2) is 42.5 Å². The molecular formula is C23H27FO5. The molecule has 0 unspecified atom stereocenters. The molecule has 1 aliphatic rings. The monoisotopic (exact) mass is 402 g/mol. The van der Waals surface area contributed by atoms with Gasteiger partial charge in [-0.1, -0.05) is 26.3 Å². The molecule has 2 aromatic rings. The maximum atomic E-state index is 14.6. The normalized spacial score (nSPS) is 19.0. The number of rotatable bonds is 8. The smallest absolute Gasteiger partial charge is 0.343 e. The third-order valence-electron chi connectivity index (χ3n) is 4.66. The number of carbonyl (C=O) groups is 1. The van der Waals surface area contributed by atoms with Gasteiger partial charge in [-0.05, 0) is 49.2 Å². The number of esters is 1. The first kappa shape index (κ1) is 21.3. The Morgan fingerprint density at radius 2 is 1.72 bits per heavy atom. The van der Waals surface area contributed by atoms with E-state index in [2.05, 4.69) is 6.92 Å². The van der Waals surface area contributed by atoms with Crippen LogP contribution in [0.25, 0.3) is 0 Å². The summed E-state index contributed by atoms with van der Waals surface area (Å²) in [6, 6.07) is 10.9. The van der Waals surface area contributed by atoms with Crippen LogP contribution in [0.4, 0.5) is 4.39 Å². The van der Waals surface area contributed by atoms with Crippen molar-refractivity contribution in [3.8, 4) is 11.5 Å². The highest BCUT2D eigenvalue weighted by atomic mass is 19.1. The third kappa shape index (κ3) is 5.78. The van der Waals surface area contributed by atoms with Gasteiger partial charge in [0.1, 0.15) is 17.3 Å². The van der Waals surface area contributed by atoms with Crippen LogP contribution in [0.2, 0.25) is 0 Å². The predicted molar refractivity (Wildman–Crippen MR) is 107 cm³/mol. The average molecular weight is 402 g/mol. The minimum Gasteiger partial charge on any atom is -0.494 e. The Labute approximate surface area is 170 Å². The summed E-state index contributed by atoms with van der Waals surface area (Å²) < 4.78 is 36.7. The molecule has 0 saturated carbocycles. The lowest BCUT2D eigenvalue weighted by Gasteiger charge is -2.29. The Kier molecular flexibility index (Phi) is 7.61. The van der Waals surface area contributed by atoms with Crippen molar-refractivity contribution in [2.45, 2.75) is 39.4 Å². The first-order chi connectivity index (χ1) is 14.1. The Bertz CT molecular complexity index is 797. The van der Waals surface area contributed by atoms with Crippen LogP contribution in [-0.2, 0) is 9.47 Å². The van der Waals surface area contributed by atoms with E-state index in [-0.39, 0.29) is 11.1 Å². The molecule has 1 saturated heterocycles. The maximum absolute atomic E-state index is 14.6. The Hall–Kier alpha value is -2.44. The average Bonchev–Trinajstić information content (AvgIpc) is 2.74. The summed E-state index contributed by atoms with van der Waals surface area (Å²) in [5.41, 5.74) is 0.408. The molecule has 0 aromatic heterocycles. The van der Waals surface area contributed by atoms with Crippen molar-refractivity contribution in [3.05, 3.63) is 59.4 Å². The zero-order valence-electron chi connectivity index (χ0n) is 16.9. The highest BCUT2D eigenvalue weighted by Crippen LogP contribution is 2.29. The predicted octanol–water partition coefficient (Wildman–Crippen LogP) is 5.30. The summed E-state index contributed by atoms with van der Waals surface area (Å²) >= 11 is 0. The molecule has 156 valence electrons. The van der Waals surface area contributed by atoms with Gasteiger partial charge in [-0.3, -0.25) is 0 Å². The van der Waals surface area contributed by atoms with E-state index >= 15 is 0 Å². The molecule has 6 heteroatoms. The number of halogens is 1. The molecule has 3 rings (SSSR count). The zero-order valence-corrected chi connectivity index (χ0v) is 16.9. The standard InChI is InChI=1S/C23H27FO5/c1-3-5-16-14-27-23(28-15-16)20-11-6-17(13-21(20)24)22(25)29-19-9-7-18(8-10-19)26-12-4-2/h6-11,13,16,23H,3-5,12,14-15H2,1-2H3. The molecule has 0 spiro atoms. The minimum absolute atomic E-state index is 0.122. The summed E-state index contributed by atoms with van der Waals surface area (Å²) in [6.07, 6.45) is 2.24. The van der Waals surface area contributed by atoms with E-state index in [1.807, 2.05) is 6.92 Å². The van der Waals surface area contributed by atoms with Crippen molar-refractivity contribution in [2.75, 3.05) is 19.8 Å². The molecular weight excluding hydrogens is 375 g/mol. The van der Waals surface area contributed by atoms with Gasteiger partial charge in [0.05, 0.1) is 25.4 Å². The topological polar surface area (TPSA) is 54.0 Å². The fraction of sp³-hybridized carbons (Fsp3) is 0.435. The van der Waals surface area contributed by atoms with Crippen LogP contribution in [0.1, 0.15) is 55.3 Å². The first-order valence-electron chi connectivity index (χ1n) is 10.1. The third-order valence-corrected chi connectivity index (χ3v) is 4.66. The van der Waals surface area contributed by atoms with Crippen LogP contribution in [0.5, 0.6) is 11.5 Å². The van der Waals surface area contributed by atoms with Gasteiger partial charge >= 0.3 is 5.97 Å². The van der Waals surface area contributed by atoms with Crippen molar-refractivity contribution < 1.29 is 28.1 Å². The molecule has 5 nitrogen and oxygen atoms in total. The van der Waals surface area contributed by atoms with Gasteiger partial charge < -0.3 is 18.9 Å². The summed E-state index contributed by atoms with van der Waals surface area (Å²) in [5, 5.41) is 0. The Morgan fingerprint density at radius 1 is 1.03 bits per heavy atom. The van der Waals surface area contributed by atoms with Crippen LogP contribution in [-0.4, -0.2) is 25.8 Å². The highest BCUT2D eigenvalue weighted by Gasteiger charge is 2.26. The van der Waals surface area contributed by atoms with Gasteiger partial charge in [0.2, 0.25) is 0 Å². The Morgan fingerprint density at radius 3 is 2.34 bits per heavy atom. The summed E-state index contributed by atoms with van der Waals surface area (Å²) in [4.78, 5) is 12.3. The number of benzene rings is 2. The molecule has 1 heterocycles. The van der Waals surface area contributed by atoms with Crippen molar-refractivity contribution >= 4 is 5.97 Å². The van der Waals surface area contributed by atoms with E-state index in [1.165, 1.54) is 12.1 Å². The molecule has 2 aromatic carbocycles. The van der Waals surface area contributed by atoms with E-state index in [9.17, 15) is 9.18 Å². The number of hydrogen-bond donors (Lipinski definition) is 0. The molecule has 0 N–H and O–H groups in total. The summed E-state index contributed by atoms with van der Waals surface area (Å²) in [6.45, 7) is 5.84. The van der Waals surface area contributed by atoms with E-state index < -0.39 is 18.1 Å². The largest absolute Gasteiger partial charge is 0.494 e. The van der Waals surface area contributed by atoms with Gasteiger partial charge in [0.15, 0.2) is 6.29 Å². The lowest BCUT2D eigenvalue weighted by Crippen LogP contribution is -2.27. The van der Waals surface area contributed by atoms with E-state index in [0.29, 0.717) is 37.2 Å². The second-order valence-electron chi connectivity index (χ2n) is 7.10. The van der Waals surface area contributed by atoms with Gasteiger partial charge in [0, 0.05) is 11.5 Å². The van der Waals surface area contributed by atoms with E-state index in [1.54, 1.807) is 24.3 Å². The van der Waals surface area contributed by atoms with Crippen molar-refractivity contribution in [1.29, 1.82) is 0 Å². The molecule has 29 heavy (non-hydrogen) atoms. The number of ether oxygens (including phenoxy) is 4. The van der Waals surface area contributed by atoms with E-state index in [0.717, 1.165) is 25.3 Å². The van der Waals surface area contributed by atoms with Crippen molar-refractivity contribution in [1.82, 2.24) is 0 Å². The minimum atomic E-state index is -0.746. The molecule has 0 radical (unpaired) electrons. The van der Waals surface area contributed by atoms with Gasteiger partial charge in [-0.2, -0.15) is 0 Å². The summed E-state index contributed by atoms with van der Waals surface area (Å²) in [5.74, 6) is 0.222. The second-order valence-corrected chi connectivity index (χ2v) is 7.10. The first-order valence-corrected chi connectivity index (χ1v) is 10.1. The van der Waals surface area contributed by atoms with Gasteiger partial charge in [-0.25, -0.2) is 9.18 Å². The zero-order chi connectivity index (χ0) is 20.6. The summed E-state index contributed by atoms with van der Waals surface area (Å²) in [7, 11) is 0. The lowest BCUT2D eigenvalue weighted by molar-refractivity contribution is -0.207. The highest BCUT2D eigenvalue weighted by molar-refractivity contribution is 5.91. The molecule has 0 aliphatic carbocycles. The maximum Gasteiger partial charge on any atom is 0.343 e. The number of hydrogen-bond acceptors (Lipinski definition) is 5. The van der Waals surface area contributed by atoms with Gasteiger partial charge in [-0.15, -0.1) is 0 Å². The van der Waals surface area contributed by atoms with Crippen LogP contribution in [0.3, 0.4) is 0 Å². The van der Waals surface area contributed by atoms with E-state index in [4.69, 9.17) is 18.9 Å². The van der Waals surface area contributed by atoms with Crippen molar-refractivity contribution in [2.24, 2.45) is 5.92 Å². The SMILES string of the molecule is CCCOc1ccc(OC(=O)c2ccc(C3OCC(CCC)CO3)c(F)c2)cc1. The second kappa shape index (κ2) is 10.4. The lowest BCUT2D eigenvalue weighted by atomic mass is 10.0. The fourth-order valence-corrected chi connectivity index (χ4v) is 3.13. The van der Waals surface area contributed by atoms with Gasteiger partial charge in [0.25, 0.3) is 0 Å². The van der Waals surface area contributed by atoms with Crippen LogP contribution >= 0.6 is 0 Å². The van der Waals surface area contributed by atoms with Crippen LogP contribution in [0, 0.1) is 11.7 Å². The molecule has 1 aliphatic heterocycles. The quantitative estimate of drug-likeness (QED) is 0.443. The molecule has 0 atom stereocenters. The Balaban J connectivity index is 1.60. The fourth-order valence-electron chi connectivity index (χ4n) is 3.13. The van der Waals surface area contributed by atoms with Crippen LogP contribution < -0.4 is 9.47 Å². The number of carbonyl (C=O) groups excluding carboxylic acids is 1.